The number of hydrogen-bond acceptors (Lipinski definition) is 4. The average Bonchev–Trinajstić information content (AvgIpc) is 2.38. The zero-order valence-electron chi connectivity index (χ0n) is 12.8. The Balaban J connectivity index is 2.93. The highest BCUT2D eigenvalue weighted by Crippen LogP contribution is 2.26. The van der Waals surface area contributed by atoms with Crippen molar-refractivity contribution in [1.29, 1.82) is 5.26 Å². The number of carbonyl (C=O) groups excluding carboxylic acids is 1. The van der Waals surface area contributed by atoms with Gasteiger partial charge in [0.1, 0.15) is 6.04 Å². The van der Waals surface area contributed by atoms with Crippen LogP contribution in [0.3, 0.4) is 0 Å². The van der Waals surface area contributed by atoms with Gasteiger partial charge in [-0.3, -0.25) is 9.69 Å². The predicted molar refractivity (Wildman–Crippen MR) is 75.6 cm³/mol. The highest BCUT2D eigenvalue weighted by molar-refractivity contribution is 5.83. The molecule has 1 aliphatic rings. The van der Waals surface area contributed by atoms with E-state index in [-0.39, 0.29) is 23.9 Å². The first-order valence-corrected chi connectivity index (χ1v) is 6.83. The van der Waals surface area contributed by atoms with Gasteiger partial charge in [-0.15, -0.1) is 0 Å². The van der Waals surface area contributed by atoms with E-state index in [0.717, 1.165) is 19.5 Å². The van der Waals surface area contributed by atoms with E-state index in [1.54, 1.807) is 0 Å². The molecule has 0 bridgehead atoms. The van der Waals surface area contributed by atoms with Crippen molar-refractivity contribution in [2.75, 3.05) is 40.8 Å². The molecule has 1 heterocycles. The topological polar surface area (TPSA) is 50.6 Å². The first kappa shape index (κ1) is 15.9. The van der Waals surface area contributed by atoms with Crippen molar-refractivity contribution in [1.82, 2.24) is 14.7 Å². The fourth-order valence-electron chi connectivity index (χ4n) is 2.45. The molecule has 1 unspecified atom stereocenters. The molecule has 1 saturated heterocycles. The maximum absolute atomic E-state index is 12.7. The largest absolute Gasteiger partial charge is 0.335 e. The molecule has 1 fully saturated rings. The van der Waals surface area contributed by atoms with Crippen molar-refractivity contribution in [2.24, 2.45) is 0 Å². The second-order valence-electron chi connectivity index (χ2n) is 6.21. The Morgan fingerprint density at radius 1 is 1.47 bits per heavy atom. The second-order valence-corrected chi connectivity index (χ2v) is 6.21. The molecule has 0 radical (unpaired) electrons. The molecule has 5 nitrogen and oxygen atoms in total. The molecule has 0 aromatic carbocycles. The monoisotopic (exact) mass is 266 g/mol. The molecule has 5 heteroatoms. The Labute approximate surface area is 116 Å². The van der Waals surface area contributed by atoms with Crippen molar-refractivity contribution in [3.05, 3.63) is 0 Å². The molecule has 0 aromatic heterocycles. The van der Waals surface area contributed by atoms with Gasteiger partial charge in [-0.25, -0.2) is 0 Å². The van der Waals surface area contributed by atoms with Gasteiger partial charge in [0.15, 0.2) is 0 Å². The maximum Gasteiger partial charge on any atom is 0.241 e. The fourth-order valence-corrected chi connectivity index (χ4v) is 2.45. The smallest absolute Gasteiger partial charge is 0.241 e. The fraction of sp³-hybridized carbons (Fsp3) is 0.857. The van der Waals surface area contributed by atoms with E-state index in [1.807, 2.05) is 30.9 Å². The molecule has 0 N–H and O–H groups in total. The van der Waals surface area contributed by atoms with Crippen LogP contribution >= 0.6 is 0 Å². The number of nitriles is 1. The zero-order valence-corrected chi connectivity index (χ0v) is 12.8. The predicted octanol–water partition coefficient (Wildman–Crippen LogP) is 0.773. The van der Waals surface area contributed by atoms with Crippen molar-refractivity contribution < 1.29 is 4.79 Å². The summed E-state index contributed by atoms with van der Waals surface area (Å²) in [6.07, 6.45) is 1.20. The highest BCUT2D eigenvalue weighted by atomic mass is 16.2. The SMILES string of the molecule is CN(C)CCN1C(=O)C(CC#N)N(C)CCC1(C)C. The molecule has 19 heavy (non-hydrogen) atoms. The lowest BCUT2D eigenvalue weighted by molar-refractivity contribution is -0.139. The van der Waals surface area contributed by atoms with Gasteiger partial charge in [0, 0.05) is 25.2 Å². The van der Waals surface area contributed by atoms with Crippen LogP contribution in [0.2, 0.25) is 0 Å². The Hall–Kier alpha value is -1.12. The van der Waals surface area contributed by atoms with Crippen LogP contribution in [0.4, 0.5) is 0 Å². The van der Waals surface area contributed by atoms with Gasteiger partial charge in [-0.2, -0.15) is 5.26 Å². The van der Waals surface area contributed by atoms with Gasteiger partial charge in [-0.05, 0) is 41.4 Å². The lowest BCUT2D eigenvalue weighted by Crippen LogP contribution is -2.53. The van der Waals surface area contributed by atoms with Crippen molar-refractivity contribution in [3.63, 3.8) is 0 Å². The van der Waals surface area contributed by atoms with Gasteiger partial charge in [0.2, 0.25) is 5.91 Å². The van der Waals surface area contributed by atoms with Crippen LogP contribution in [0.15, 0.2) is 0 Å². The normalized spacial score (nSPS) is 24.4. The first-order valence-electron chi connectivity index (χ1n) is 6.83. The van der Waals surface area contributed by atoms with Crippen molar-refractivity contribution in [3.8, 4) is 6.07 Å². The highest BCUT2D eigenvalue weighted by Gasteiger charge is 2.39. The summed E-state index contributed by atoms with van der Waals surface area (Å²) in [4.78, 5) is 18.7. The van der Waals surface area contributed by atoms with Gasteiger partial charge < -0.3 is 9.80 Å². The van der Waals surface area contributed by atoms with E-state index in [2.05, 4.69) is 24.8 Å². The molecular formula is C14H26N4O. The number of likely N-dealkylation sites (N-methyl/N-ethyl adjacent to an activating group) is 2. The minimum absolute atomic E-state index is 0.0911. The van der Waals surface area contributed by atoms with Gasteiger partial charge in [-0.1, -0.05) is 0 Å². The summed E-state index contributed by atoms with van der Waals surface area (Å²) in [5.41, 5.74) is -0.147. The molecule has 1 amide bonds. The third kappa shape index (κ3) is 3.92. The standard InChI is InChI=1S/C14H26N4O/c1-14(2)7-9-17(5)12(6-8-15)13(19)18(14)11-10-16(3)4/h12H,6-7,9-11H2,1-5H3. The van der Waals surface area contributed by atoms with E-state index < -0.39 is 0 Å². The third-order valence-electron chi connectivity index (χ3n) is 3.95. The number of rotatable bonds is 4. The van der Waals surface area contributed by atoms with E-state index in [1.165, 1.54) is 0 Å². The molecule has 1 rings (SSSR count). The quantitative estimate of drug-likeness (QED) is 0.754. The maximum atomic E-state index is 12.7. The van der Waals surface area contributed by atoms with E-state index in [9.17, 15) is 4.79 Å². The van der Waals surface area contributed by atoms with Crippen LogP contribution in [-0.2, 0) is 4.79 Å². The molecule has 0 aromatic rings. The average molecular weight is 266 g/mol. The molecular weight excluding hydrogens is 240 g/mol. The van der Waals surface area contributed by atoms with Crippen molar-refractivity contribution >= 4 is 5.91 Å². The lowest BCUT2D eigenvalue weighted by atomic mass is 9.98. The van der Waals surface area contributed by atoms with Crippen LogP contribution < -0.4 is 0 Å². The Morgan fingerprint density at radius 2 is 2.11 bits per heavy atom. The Bertz CT molecular complexity index is 359. The molecule has 0 spiro atoms. The zero-order chi connectivity index (χ0) is 14.6. The van der Waals surface area contributed by atoms with E-state index in [4.69, 9.17) is 5.26 Å². The first-order chi connectivity index (χ1) is 8.79. The van der Waals surface area contributed by atoms with Crippen LogP contribution in [0.25, 0.3) is 0 Å². The summed E-state index contributed by atoms with van der Waals surface area (Å²) in [6.45, 7) is 6.64. The summed E-state index contributed by atoms with van der Waals surface area (Å²) in [5.74, 6) is 0.0911. The van der Waals surface area contributed by atoms with E-state index in [0.29, 0.717) is 6.54 Å². The number of amides is 1. The number of hydrogen-bond donors (Lipinski definition) is 0. The number of carbonyl (C=O) groups is 1. The number of nitrogens with zero attached hydrogens (tertiary/aromatic N) is 4. The second kappa shape index (κ2) is 6.36. The summed E-state index contributed by atoms with van der Waals surface area (Å²) in [5, 5.41) is 8.92. The summed E-state index contributed by atoms with van der Waals surface area (Å²) in [7, 11) is 5.95. The van der Waals surface area contributed by atoms with Crippen LogP contribution in [-0.4, -0.2) is 73.0 Å². The van der Waals surface area contributed by atoms with Gasteiger partial charge in [0.25, 0.3) is 0 Å². The van der Waals surface area contributed by atoms with E-state index >= 15 is 0 Å². The molecule has 1 aliphatic heterocycles. The summed E-state index contributed by atoms with van der Waals surface area (Å²) < 4.78 is 0. The lowest BCUT2D eigenvalue weighted by Gasteiger charge is -2.38. The minimum Gasteiger partial charge on any atom is -0.335 e. The molecule has 0 saturated carbocycles. The molecule has 1 atom stereocenters. The Kier molecular flexibility index (Phi) is 5.33. The third-order valence-corrected chi connectivity index (χ3v) is 3.95. The van der Waals surface area contributed by atoms with Crippen LogP contribution in [0.1, 0.15) is 26.7 Å². The van der Waals surface area contributed by atoms with Crippen LogP contribution in [0.5, 0.6) is 0 Å². The van der Waals surface area contributed by atoms with Crippen LogP contribution in [0, 0.1) is 11.3 Å². The minimum atomic E-state index is -0.297. The van der Waals surface area contributed by atoms with Gasteiger partial charge >= 0.3 is 0 Å². The molecule has 108 valence electrons. The summed E-state index contributed by atoms with van der Waals surface area (Å²) in [6, 6.07) is 1.84. The van der Waals surface area contributed by atoms with Crippen molar-refractivity contribution in [2.45, 2.75) is 38.3 Å². The Morgan fingerprint density at radius 3 is 2.63 bits per heavy atom. The molecule has 0 aliphatic carbocycles. The summed E-state index contributed by atoms with van der Waals surface area (Å²) >= 11 is 0. The van der Waals surface area contributed by atoms with Gasteiger partial charge in [0.05, 0.1) is 12.5 Å².